The van der Waals surface area contributed by atoms with Gasteiger partial charge in [-0.05, 0) is 12.1 Å². The van der Waals surface area contributed by atoms with Crippen LogP contribution < -0.4 is 4.90 Å². The van der Waals surface area contributed by atoms with E-state index in [0.29, 0.717) is 13.2 Å². The molecule has 0 radical (unpaired) electrons. The Morgan fingerprint density at radius 1 is 1.62 bits per heavy atom. The number of hydrogen-bond donors (Lipinski definition) is 1. The van der Waals surface area contributed by atoms with Crippen molar-refractivity contribution >= 4 is 17.3 Å². The molecule has 1 atom stereocenters. The van der Waals surface area contributed by atoms with Crippen LogP contribution in [0.25, 0.3) is 0 Å². The lowest BCUT2D eigenvalue weighted by Crippen LogP contribution is -2.46. The fraction of sp³-hybridized carbons (Fsp3) is 0.385. The van der Waals surface area contributed by atoms with Crippen LogP contribution in [0.2, 0.25) is 0 Å². The van der Waals surface area contributed by atoms with Crippen molar-refractivity contribution in [3.8, 4) is 6.07 Å². The lowest BCUT2D eigenvalue weighted by atomic mass is 10.1. The van der Waals surface area contributed by atoms with E-state index in [1.807, 2.05) is 6.07 Å². The average Bonchev–Trinajstić information content (AvgIpc) is 2.46. The molecular formula is C13H13N3O5. The van der Waals surface area contributed by atoms with Crippen molar-refractivity contribution in [3.05, 3.63) is 33.9 Å². The zero-order chi connectivity index (χ0) is 15.4. The van der Waals surface area contributed by atoms with Gasteiger partial charge in [0.05, 0.1) is 42.2 Å². The molecule has 1 saturated heterocycles. The number of carboxylic acid groups (broad SMARTS) is 1. The fourth-order valence-electron chi connectivity index (χ4n) is 2.32. The number of aliphatic carboxylic acids is 1. The molecule has 1 aliphatic heterocycles. The van der Waals surface area contributed by atoms with Crippen molar-refractivity contribution in [2.24, 2.45) is 0 Å². The Morgan fingerprint density at radius 3 is 3.00 bits per heavy atom. The normalized spacial score (nSPS) is 18.0. The first kappa shape index (κ1) is 14.7. The zero-order valence-corrected chi connectivity index (χ0v) is 11.1. The van der Waals surface area contributed by atoms with Gasteiger partial charge in [0.15, 0.2) is 0 Å². The largest absolute Gasteiger partial charge is 0.481 e. The minimum atomic E-state index is -1.01. The van der Waals surface area contributed by atoms with E-state index >= 15 is 0 Å². The Bertz CT molecular complexity index is 610. The summed E-state index contributed by atoms with van der Waals surface area (Å²) in [6.45, 7) is 0.873. The van der Waals surface area contributed by atoms with Crippen LogP contribution in [0.15, 0.2) is 18.2 Å². The average molecular weight is 291 g/mol. The van der Waals surface area contributed by atoms with Crippen molar-refractivity contribution < 1.29 is 19.6 Å². The van der Waals surface area contributed by atoms with E-state index in [1.54, 1.807) is 4.90 Å². The second kappa shape index (κ2) is 6.19. The molecule has 0 amide bonds. The van der Waals surface area contributed by atoms with Gasteiger partial charge in [0, 0.05) is 12.6 Å². The van der Waals surface area contributed by atoms with Crippen molar-refractivity contribution in [1.29, 1.82) is 5.26 Å². The number of ether oxygens (including phenoxy) is 1. The minimum absolute atomic E-state index is 0.147. The molecule has 0 aromatic heterocycles. The molecule has 0 aliphatic carbocycles. The zero-order valence-electron chi connectivity index (χ0n) is 11.1. The Morgan fingerprint density at radius 2 is 2.38 bits per heavy atom. The van der Waals surface area contributed by atoms with Gasteiger partial charge >= 0.3 is 5.97 Å². The predicted molar refractivity (Wildman–Crippen MR) is 72.0 cm³/mol. The molecular weight excluding hydrogens is 278 g/mol. The number of carbonyl (C=O) groups is 1. The Balaban J connectivity index is 2.43. The molecule has 1 unspecified atom stereocenters. The summed E-state index contributed by atoms with van der Waals surface area (Å²) in [6, 6.07) is 5.48. The molecule has 110 valence electrons. The van der Waals surface area contributed by atoms with Crippen LogP contribution in [0.1, 0.15) is 12.0 Å². The number of nitro benzene ring substituents is 1. The molecule has 2 rings (SSSR count). The maximum absolute atomic E-state index is 11.1. The first-order valence-electron chi connectivity index (χ1n) is 6.27. The van der Waals surface area contributed by atoms with Crippen LogP contribution in [-0.2, 0) is 9.53 Å². The van der Waals surface area contributed by atoms with E-state index < -0.39 is 16.9 Å². The molecule has 1 fully saturated rings. The highest BCUT2D eigenvalue weighted by atomic mass is 16.6. The monoisotopic (exact) mass is 291 g/mol. The van der Waals surface area contributed by atoms with Gasteiger partial charge in [0.25, 0.3) is 5.69 Å². The molecule has 21 heavy (non-hydrogen) atoms. The molecule has 0 spiro atoms. The lowest BCUT2D eigenvalue weighted by molar-refractivity contribution is -0.384. The van der Waals surface area contributed by atoms with E-state index in [2.05, 4.69) is 0 Å². The molecule has 0 bridgehead atoms. The first-order valence-corrected chi connectivity index (χ1v) is 6.27. The number of anilines is 1. The van der Waals surface area contributed by atoms with E-state index in [1.165, 1.54) is 18.2 Å². The predicted octanol–water partition coefficient (Wildman–Crippen LogP) is 1.15. The van der Waals surface area contributed by atoms with Crippen molar-refractivity contribution in [1.82, 2.24) is 0 Å². The van der Waals surface area contributed by atoms with Crippen LogP contribution in [0, 0.1) is 21.4 Å². The fourth-order valence-corrected chi connectivity index (χ4v) is 2.32. The molecule has 1 aromatic carbocycles. The smallest absolute Gasteiger partial charge is 0.305 e. The van der Waals surface area contributed by atoms with Gasteiger partial charge in [-0.25, -0.2) is 0 Å². The summed E-state index contributed by atoms with van der Waals surface area (Å²) in [6.07, 6.45) is -0.187. The van der Waals surface area contributed by atoms with E-state index in [4.69, 9.17) is 15.1 Å². The number of benzene rings is 1. The van der Waals surface area contributed by atoms with Crippen molar-refractivity contribution in [2.45, 2.75) is 12.5 Å². The molecule has 1 heterocycles. The second-order valence-corrected chi connectivity index (χ2v) is 4.59. The highest BCUT2D eigenvalue weighted by Gasteiger charge is 2.30. The van der Waals surface area contributed by atoms with Crippen LogP contribution in [0.4, 0.5) is 11.4 Å². The molecule has 8 nitrogen and oxygen atoms in total. The molecule has 0 saturated carbocycles. The third kappa shape index (κ3) is 3.27. The second-order valence-electron chi connectivity index (χ2n) is 4.59. The molecule has 8 heteroatoms. The number of morpholine rings is 1. The number of nitriles is 1. The summed E-state index contributed by atoms with van der Waals surface area (Å²) < 4.78 is 5.25. The van der Waals surface area contributed by atoms with E-state index in [9.17, 15) is 14.9 Å². The quantitative estimate of drug-likeness (QED) is 0.653. The van der Waals surface area contributed by atoms with Gasteiger partial charge in [-0.15, -0.1) is 0 Å². The minimum Gasteiger partial charge on any atom is -0.481 e. The summed E-state index contributed by atoms with van der Waals surface area (Å²) >= 11 is 0. The Labute approximate surface area is 120 Å². The number of nitro groups is 1. The number of carboxylic acids is 1. The maximum Gasteiger partial charge on any atom is 0.305 e. The van der Waals surface area contributed by atoms with Gasteiger partial charge in [-0.3, -0.25) is 14.9 Å². The number of hydrogen-bond acceptors (Lipinski definition) is 6. The number of nitrogens with zero attached hydrogens (tertiary/aromatic N) is 3. The molecule has 1 aliphatic rings. The van der Waals surface area contributed by atoms with Gasteiger partial charge in [-0.2, -0.15) is 5.26 Å². The van der Waals surface area contributed by atoms with Crippen molar-refractivity contribution in [2.75, 3.05) is 24.7 Å². The third-order valence-electron chi connectivity index (χ3n) is 3.25. The third-order valence-corrected chi connectivity index (χ3v) is 3.25. The first-order chi connectivity index (χ1) is 10.0. The maximum atomic E-state index is 11.1. The van der Waals surface area contributed by atoms with Crippen LogP contribution in [0.3, 0.4) is 0 Å². The van der Waals surface area contributed by atoms with Gasteiger partial charge in [0.1, 0.15) is 5.69 Å². The topological polar surface area (TPSA) is 117 Å². The van der Waals surface area contributed by atoms with E-state index in [0.717, 1.165) is 0 Å². The summed E-state index contributed by atoms with van der Waals surface area (Å²) in [5, 5.41) is 29.0. The van der Waals surface area contributed by atoms with Gasteiger partial charge in [-0.1, -0.05) is 0 Å². The van der Waals surface area contributed by atoms with Crippen molar-refractivity contribution in [3.63, 3.8) is 0 Å². The summed E-state index contributed by atoms with van der Waals surface area (Å²) in [4.78, 5) is 23.2. The van der Waals surface area contributed by atoms with Crippen LogP contribution in [-0.4, -0.2) is 41.8 Å². The molecule has 1 N–H and O–H groups in total. The van der Waals surface area contributed by atoms with Crippen LogP contribution >= 0.6 is 0 Å². The summed E-state index contributed by atoms with van der Waals surface area (Å²) in [7, 11) is 0. The lowest BCUT2D eigenvalue weighted by Gasteiger charge is -2.36. The Kier molecular flexibility index (Phi) is 4.35. The van der Waals surface area contributed by atoms with E-state index in [-0.39, 0.29) is 30.0 Å². The van der Waals surface area contributed by atoms with Crippen LogP contribution in [0.5, 0.6) is 0 Å². The number of rotatable bonds is 4. The Hall–Kier alpha value is -2.66. The van der Waals surface area contributed by atoms with Gasteiger partial charge < -0.3 is 14.7 Å². The standard InChI is InChI=1S/C13H13N3O5/c14-7-9-1-2-11(16(19)20)12(5-9)15-3-4-21-8-10(15)6-13(17)18/h1-2,5,10H,3-4,6,8H2,(H,17,18). The SMILES string of the molecule is N#Cc1ccc([N+](=O)[O-])c(N2CCOCC2CC(=O)O)c1. The molecule has 1 aromatic rings. The highest BCUT2D eigenvalue weighted by Crippen LogP contribution is 2.32. The summed E-state index contributed by atoms with van der Waals surface area (Å²) in [5.41, 5.74) is 0.399. The summed E-state index contributed by atoms with van der Waals surface area (Å²) in [5.74, 6) is -1.01. The highest BCUT2D eigenvalue weighted by molar-refractivity contribution is 5.71. The van der Waals surface area contributed by atoms with Gasteiger partial charge in [0.2, 0.25) is 0 Å².